The summed E-state index contributed by atoms with van der Waals surface area (Å²) in [4.78, 5) is 14.3. The van der Waals surface area contributed by atoms with Gasteiger partial charge in [0.1, 0.15) is 5.82 Å². The first-order valence-corrected chi connectivity index (χ1v) is 8.79. The first-order valence-electron chi connectivity index (χ1n) is 8.79. The van der Waals surface area contributed by atoms with Gasteiger partial charge in [-0.1, -0.05) is 36.4 Å². The van der Waals surface area contributed by atoms with Crippen molar-refractivity contribution >= 4 is 11.7 Å². The Morgan fingerprint density at radius 2 is 2.08 bits per heavy atom. The number of rotatable bonds is 5. The number of anilines is 1. The lowest BCUT2D eigenvalue weighted by atomic mass is 10.2. The van der Waals surface area contributed by atoms with Crippen molar-refractivity contribution in [3.63, 3.8) is 0 Å². The molecule has 26 heavy (non-hydrogen) atoms. The van der Waals surface area contributed by atoms with Crippen LogP contribution in [0.2, 0.25) is 0 Å². The molecule has 2 aromatic carbocycles. The Labute approximate surface area is 153 Å². The standard InChI is InChI=1S/C20H24FN3O2/c1-15-7-8-17(11-19(15)21)23-20(25)22-12-18-14-24(9-10-26-18)13-16-5-3-2-4-6-16/h2-8,11,18H,9-10,12-14H2,1H3,(H2,22,23,25). The van der Waals surface area contributed by atoms with Crippen molar-refractivity contribution in [1.82, 2.24) is 10.2 Å². The van der Waals surface area contributed by atoms with Crippen LogP contribution in [0.4, 0.5) is 14.9 Å². The molecule has 1 aliphatic rings. The number of aryl methyl sites for hydroxylation is 1. The van der Waals surface area contributed by atoms with Gasteiger partial charge in [0.2, 0.25) is 0 Å². The lowest BCUT2D eigenvalue weighted by molar-refractivity contribution is -0.0285. The predicted octanol–water partition coefficient (Wildman–Crippen LogP) is 3.16. The van der Waals surface area contributed by atoms with Gasteiger partial charge >= 0.3 is 6.03 Å². The molecular weight excluding hydrogens is 333 g/mol. The van der Waals surface area contributed by atoms with Crippen LogP contribution in [0.25, 0.3) is 0 Å². The maximum Gasteiger partial charge on any atom is 0.319 e. The molecule has 0 bridgehead atoms. The Morgan fingerprint density at radius 1 is 1.27 bits per heavy atom. The molecule has 3 rings (SSSR count). The van der Waals surface area contributed by atoms with Crippen LogP contribution in [-0.4, -0.2) is 43.3 Å². The second kappa shape index (κ2) is 8.78. The number of nitrogens with one attached hydrogen (secondary N) is 2. The lowest BCUT2D eigenvalue weighted by Gasteiger charge is -2.33. The number of halogens is 1. The number of hydrogen-bond acceptors (Lipinski definition) is 3. The minimum Gasteiger partial charge on any atom is -0.374 e. The number of morpholine rings is 1. The normalized spacial score (nSPS) is 17.7. The first kappa shape index (κ1) is 18.4. The van der Waals surface area contributed by atoms with Crippen LogP contribution < -0.4 is 10.6 Å². The molecule has 2 amide bonds. The van der Waals surface area contributed by atoms with Gasteiger partial charge in [-0.25, -0.2) is 9.18 Å². The Morgan fingerprint density at radius 3 is 2.85 bits per heavy atom. The van der Waals surface area contributed by atoms with Gasteiger partial charge in [-0.2, -0.15) is 0 Å². The average Bonchev–Trinajstić information content (AvgIpc) is 2.64. The fourth-order valence-corrected chi connectivity index (χ4v) is 2.94. The summed E-state index contributed by atoms with van der Waals surface area (Å²) in [5.74, 6) is -0.338. The van der Waals surface area contributed by atoms with E-state index < -0.39 is 0 Å². The molecule has 0 aromatic heterocycles. The van der Waals surface area contributed by atoms with E-state index in [9.17, 15) is 9.18 Å². The van der Waals surface area contributed by atoms with Gasteiger partial charge < -0.3 is 15.4 Å². The summed E-state index contributed by atoms with van der Waals surface area (Å²) in [6.07, 6.45) is -0.0621. The number of ether oxygens (including phenoxy) is 1. The van der Waals surface area contributed by atoms with Crippen LogP contribution in [-0.2, 0) is 11.3 Å². The number of benzene rings is 2. The summed E-state index contributed by atoms with van der Waals surface area (Å²) in [6.45, 7) is 5.24. The molecule has 0 saturated carbocycles. The van der Waals surface area contributed by atoms with Crippen LogP contribution in [0.1, 0.15) is 11.1 Å². The summed E-state index contributed by atoms with van der Waals surface area (Å²) >= 11 is 0. The Hall–Kier alpha value is -2.44. The summed E-state index contributed by atoms with van der Waals surface area (Å²) in [7, 11) is 0. The van der Waals surface area contributed by atoms with Crippen molar-refractivity contribution < 1.29 is 13.9 Å². The van der Waals surface area contributed by atoms with Gasteiger partial charge in [0.15, 0.2) is 0 Å². The molecule has 2 N–H and O–H groups in total. The van der Waals surface area contributed by atoms with Gasteiger partial charge in [-0.15, -0.1) is 0 Å². The monoisotopic (exact) mass is 357 g/mol. The van der Waals surface area contributed by atoms with Crippen LogP contribution in [0.5, 0.6) is 0 Å². The molecule has 1 unspecified atom stereocenters. The zero-order valence-corrected chi connectivity index (χ0v) is 14.9. The summed E-state index contributed by atoms with van der Waals surface area (Å²) in [6, 6.07) is 14.6. The Kier molecular flexibility index (Phi) is 6.20. The molecular formula is C20H24FN3O2. The van der Waals surface area contributed by atoms with E-state index in [0.717, 1.165) is 19.6 Å². The SMILES string of the molecule is Cc1ccc(NC(=O)NCC2CN(Cc3ccccc3)CCO2)cc1F. The number of hydrogen-bond donors (Lipinski definition) is 2. The largest absolute Gasteiger partial charge is 0.374 e. The van der Waals surface area contributed by atoms with Gasteiger partial charge in [-0.05, 0) is 30.2 Å². The molecule has 2 aromatic rings. The Balaban J connectivity index is 1.44. The van der Waals surface area contributed by atoms with Crippen molar-refractivity contribution in [2.45, 2.75) is 19.6 Å². The molecule has 0 radical (unpaired) electrons. The number of urea groups is 1. The van der Waals surface area contributed by atoms with Crippen LogP contribution >= 0.6 is 0 Å². The first-order chi connectivity index (χ1) is 12.6. The van der Waals surface area contributed by atoms with E-state index in [-0.39, 0.29) is 18.0 Å². The van der Waals surface area contributed by atoms with Crippen molar-refractivity contribution in [3.8, 4) is 0 Å². The third kappa shape index (κ3) is 5.28. The summed E-state index contributed by atoms with van der Waals surface area (Å²) in [5, 5.41) is 5.44. The molecule has 5 nitrogen and oxygen atoms in total. The third-order valence-electron chi connectivity index (χ3n) is 4.39. The molecule has 1 fully saturated rings. The van der Waals surface area contributed by atoms with Crippen LogP contribution in [0, 0.1) is 12.7 Å². The molecule has 138 valence electrons. The fourth-order valence-electron chi connectivity index (χ4n) is 2.94. The van der Waals surface area contributed by atoms with Crippen molar-refractivity contribution in [1.29, 1.82) is 0 Å². The zero-order valence-electron chi connectivity index (χ0n) is 14.9. The van der Waals surface area contributed by atoms with Crippen molar-refractivity contribution in [2.75, 3.05) is 31.6 Å². The number of carbonyl (C=O) groups is 1. The lowest BCUT2D eigenvalue weighted by Crippen LogP contribution is -2.47. The Bertz CT molecular complexity index is 739. The second-order valence-electron chi connectivity index (χ2n) is 6.51. The highest BCUT2D eigenvalue weighted by Gasteiger charge is 2.21. The van der Waals surface area contributed by atoms with E-state index in [1.54, 1.807) is 19.1 Å². The van der Waals surface area contributed by atoms with Gasteiger partial charge in [0.25, 0.3) is 0 Å². The van der Waals surface area contributed by atoms with E-state index in [4.69, 9.17) is 4.74 Å². The number of nitrogens with zero attached hydrogens (tertiary/aromatic N) is 1. The number of carbonyl (C=O) groups excluding carboxylic acids is 1. The second-order valence-corrected chi connectivity index (χ2v) is 6.51. The van der Waals surface area contributed by atoms with Gasteiger partial charge in [0.05, 0.1) is 12.7 Å². The van der Waals surface area contributed by atoms with Crippen LogP contribution in [0.3, 0.4) is 0 Å². The van der Waals surface area contributed by atoms with E-state index in [2.05, 4.69) is 27.7 Å². The highest BCUT2D eigenvalue weighted by Crippen LogP contribution is 2.13. The highest BCUT2D eigenvalue weighted by molar-refractivity contribution is 5.89. The quantitative estimate of drug-likeness (QED) is 0.864. The highest BCUT2D eigenvalue weighted by atomic mass is 19.1. The number of amides is 2. The van der Waals surface area contributed by atoms with Crippen molar-refractivity contribution in [2.24, 2.45) is 0 Å². The molecule has 1 saturated heterocycles. The molecule has 1 aliphatic heterocycles. The van der Waals surface area contributed by atoms with Gasteiger partial charge in [-0.3, -0.25) is 4.90 Å². The maximum atomic E-state index is 13.5. The molecule has 1 heterocycles. The summed E-state index contributed by atoms with van der Waals surface area (Å²) < 4.78 is 19.3. The minimum absolute atomic E-state index is 0.0621. The molecule has 0 spiro atoms. The smallest absolute Gasteiger partial charge is 0.319 e. The van der Waals surface area contributed by atoms with E-state index >= 15 is 0 Å². The predicted molar refractivity (Wildman–Crippen MR) is 99.6 cm³/mol. The fraction of sp³-hybridized carbons (Fsp3) is 0.350. The van der Waals surface area contributed by atoms with E-state index in [1.165, 1.54) is 11.6 Å². The zero-order chi connectivity index (χ0) is 18.4. The summed E-state index contributed by atoms with van der Waals surface area (Å²) in [5.41, 5.74) is 2.24. The molecule has 1 atom stereocenters. The third-order valence-corrected chi connectivity index (χ3v) is 4.39. The van der Waals surface area contributed by atoms with E-state index in [1.807, 2.05) is 18.2 Å². The maximum absolute atomic E-state index is 13.5. The molecule has 0 aliphatic carbocycles. The van der Waals surface area contributed by atoms with Crippen molar-refractivity contribution in [3.05, 3.63) is 65.5 Å². The minimum atomic E-state index is -0.364. The van der Waals surface area contributed by atoms with Crippen LogP contribution in [0.15, 0.2) is 48.5 Å². The van der Waals surface area contributed by atoms with Gasteiger partial charge in [0, 0.05) is 31.9 Å². The van der Waals surface area contributed by atoms with E-state index in [0.29, 0.717) is 24.4 Å². The molecule has 6 heteroatoms. The topological polar surface area (TPSA) is 53.6 Å². The average molecular weight is 357 g/mol.